The Labute approximate surface area is 136 Å². The highest BCUT2D eigenvalue weighted by Gasteiger charge is 2.27. The van der Waals surface area contributed by atoms with Gasteiger partial charge in [-0.15, -0.1) is 11.8 Å². The predicted octanol–water partition coefficient (Wildman–Crippen LogP) is 2.61. The van der Waals surface area contributed by atoms with Gasteiger partial charge in [-0.1, -0.05) is 13.8 Å². The number of carbonyl (C=O) groups is 1. The summed E-state index contributed by atoms with van der Waals surface area (Å²) in [7, 11) is -3.56. The average Bonchev–Trinajstić information content (AvgIpc) is 2.45. The van der Waals surface area contributed by atoms with Gasteiger partial charge in [0.2, 0.25) is 15.9 Å². The molecule has 1 heterocycles. The van der Waals surface area contributed by atoms with E-state index in [4.69, 9.17) is 0 Å². The Morgan fingerprint density at radius 3 is 2.77 bits per heavy atom. The molecule has 7 heteroatoms. The van der Waals surface area contributed by atoms with Gasteiger partial charge >= 0.3 is 0 Å². The summed E-state index contributed by atoms with van der Waals surface area (Å²) in [6.07, 6.45) is 0.719. The SMILES string of the molecule is CCC(C)NS(=O)(=O)c1ccc2c(c1)N(C(C)=O)CC(C)S2. The van der Waals surface area contributed by atoms with Gasteiger partial charge in [0.15, 0.2) is 0 Å². The van der Waals surface area contributed by atoms with Crippen LogP contribution in [0.25, 0.3) is 0 Å². The molecule has 2 rings (SSSR count). The van der Waals surface area contributed by atoms with Crippen molar-refractivity contribution in [2.24, 2.45) is 0 Å². The number of nitrogens with one attached hydrogen (secondary N) is 1. The third-order valence-corrected chi connectivity index (χ3v) is 6.39. The molecule has 0 saturated heterocycles. The molecule has 0 aliphatic carbocycles. The van der Waals surface area contributed by atoms with E-state index < -0.39 is 10.0 Å². The summed E-state index contributed by atoms with van der Waals surface area (Å²) in [6.45, 7) is 7.91. The van der Waals surface area contributed by atoms with Crippen molar-refractivity contribution >= 4 is 33.4 Å². The van der Waals surface area contributed by atoms with E-state index in [0.29, 0.717) is 12.2 Å². The highest BCUT2D eigenvalue weighted by molar-refractivity contribution is 8.00. The van der Waals surface area contributed by atoms with E-state index in [9.17, 15) is 13.2 Å². The van der Waals surface area contributed by atoms with Gasteiger partial charge in [-0.3, -0.25) is 4.79 Å². The second-order valence-corrected chi connectivity index (χ2v) is 8.81. The first-order chi connectivity index (χ1) is 10.2. The maximum Gasteiger partial charge on any atom is 0.240 e. The highest BCUT2D eigenvalue weighted by atomic mass is 32.2. The maximum atomic E-state index is 12.4. The zero-order valence-electron chi connectivity index (χ0n) is 13.3. The monoisotopic (exact) mass is 342 g/mol. The molecule has 0 aromatic heterocycles. The fourth-order valence-corrected chi connectivity index (χ4v) is 4.74. The van der Waals surface area contributed by atoms with Crippen LogP contribution in [0, 0.1) is 0 Å². The maximum absolute atomic E-state index is 12.4. The number of sulfonamides is 1. The fraction of sp³-hybridized carbons (Fsp3) is 0.533. The van der Waals surface area contributed by atoms with E-state index in [2.05, 4.69) is 11.6 Å². The van der Waals surface area contributed by atoms with Gasteiger partial charge in [-0.05, 0) is 31.5 Å². The van der Waals surface area contributed by atoms with Gasteiger partial charge in [-0.25, -0.2) is 13.1 Å². The van der Waals surface area contributed by atoms with Crippen molar-refractivity contribution in [1.29, 1.82) is 0 Å². The second kappa shape index (κ2) is 6.60. The Morgan fingerprint density at radius 1 is 1.50 bits per heavy atom. The predicted molar refractivity (Wildman–Crippen MR) is 89.9 cm³/mol. The summed E-state index contributed by atoms with van der Waals surface area (Å²) in [5.74, 6) is -0.0715. The van der Waals surface area contributed by atoms with E-state index >= 15 is 0 Å². The van der Waals surface area contributed by atoms with Crippen LogP contribution < -0.4 is 9.62 Å². The van der Waals surface area contributed by atoms with Crippen LogP contribution in [-0.2, 0) is 14.8 Å². The Kier molecular flexibility index (Phi) is 5.19. The van der Waals surface area contributed by atoms with Crippen LogP contribution in [-0.4, -0.2) is 32.2 Å². The number of benzene rings is 1. The number of hydrogen-bond acceptors (Lipinski definition) is 4. The number of amides is 1. The van der Waals surface area contributed by atoms with Crippen LogP contribution in [0.15, 0.2) is 28.0 Å². The Bertz CT molecular complexity index is 673. The minimum absolute atomic E-state index is 0.0715. The van der Waals surface area contributed by atoms with Crippen molar-refractivity contribution in [1.82, 2.24) is 4.72 Å². The molecule has 0 saturated carbocycles. The lowest BCUT2D eigenvalue weighted by atomic mass is 10.2. The molecule has 122 valence electrons. The molecular formula is C15H22N2O3S2. The summed E-state index contributed by atoms with van der Waals surface area (Å²) < 4.78 is 27.5. The number of nitrogens with zero attached hydrogens (tertiary/aromatic N) is 1. The molecule has 1 N–H and O–H groups in total. The van der Waals surface area contributed by atoms with Crippen molar-refractivity contribution in [2.75, 3.05) is 11.4 Å². The summed E-state index contributed by atoms with van der Waals surface area (Å²) in [4.78, 5) is 14.6. The van der Waals surface area contributed by atoms with Gasteiger partial charge in [-0.2, -0.15) is 0 Å². The van der Waals surface area contributed by atoms with Crippen LogP contribution >= 0.6 is 11.8 Å². The Hall–Kier alpha value is -1.05. The standard InChI is InChI=1S/C15H22N2O3S2/c1-5-10(2)16-22(19,20)13-6-7-15-14(8-13)17(12(4)18)9-11(3)21-15/h6-8,10-11,16H,5,9H2,1-4H3. The van der Waals surface area contributed by atoms with Gasteiger partial charge in [0.25, 0.3) is 0 Å². The quantitative estimate of drug-likeness (QED) is 0.913. The zero-order valence-corrected chi connectivity index (χ0v) is 14.9. The second-order valence-electron chi connectivity index (χ2n) is 5.62. The van der Waals surface area contributed by atoms with Crippen LogP contribution in [0.4, 0.5) is 5.69 Å². The van der Waals surface area contributed by atoms with E-state index in [1.807, 2.05) is 13.8 Å². The molecule has 2 atom stereocenters. The molecule has 2 unspecified atom stereocenters. The van der Waals surface area contributed by atoms with Crippen LogP contribution in [0.5, 0.6) is 0 Å². The molecule has 0 radical (unpaired) electrons. The largest absolute Gasteiger partial charge is 0.310 e. The lowest BCUT2D eigenvalue weighted by Gasteiger charge is -2.32. The van der Waals surface area contributed by atoms with Gasteiger partial charge in [0, 0.05) is 29.7 Å². The van der Waals surface area contributed by atoms with E-state index in [1.165, 1.54) is 6.92 Å². The number of carbonyl (C=O) groups excluding carboxylic acids is 1. The minimum Gasteiger partial charge on any atom is -0.310 e. The van der Waals surface area contributed by atoms with Gasteiger partial charge < -0.3 is 4.90 Å². The topological polar surface area (TPSA) is 66.5 Å². The lowest BCUT2D eigenvalue weighted by molar-refractivity contribution is -0.116. The molecule has 0 fully saturated rings. The molecular weight excluding hydrogens is 320 g/mol. The smallest absolute Gasteiger partial charge is 0.240 e. The normalized spacial score (nSPS) is 19.6. The van der Waals surface area contributed by atoms with Crippen molar-refractivity contribution in [2.45, 2.75) is 55.2 Å². The first kappa shape index (κ1) is 17.3. The van der Waals surface area contributed by atoms with Crippen molar-refractivity contribution in [3.8, 4) is 0 Å². The molecule has 5 nitrogen and oxygen atoms in total. The van der Waals surface area contributed by atoms with Crippen LogP contribution in [0.3, 0.4) is 0 Å². The molecule has 1 aliphatic heterocycles. The average molecular weight is 342 g/mol. The fourth-order valence-electron chi connectivity index (χ4n) is 2.30. The highest BCUT2D eigenvalue weighted by Crippen LogP contribution is 2.39. The van der Waals surface area contributed by atoms with Gasteiger partial charge in [0.05, 0.1) is 10.6 Å². The first-order valence-electron chi connectivity index (χ1n) is 7.35. The molecule has 0 spiro atoms. The van der Waals surface area contributed by atoms with Crippen molar-refractivity contribution in [3.63, 3.8) is 0 Å². The van der Waals surface area contributed by atoms with E-state index in [1.54, 1.807) is 34.9 Å². The summed E-state index contributed by atoms with van der Waals surface area (Å²) in [5.41, 5.74) is 0.683. The van der Waals surface area contributed by atoms with Crippen LogP contribution in [0.2, 0.25) is 0 Å². The van der Waals surface area contributed by atoms with Gasteiger partial charge in [0.1, 0.15) is 0 Å². The lowest BCUT2D eigenvalue weighted by Crippen LogP contribution is -2.37. The van der Waals surface area contributed by atoms with E-state index in [-0.39, 0.29) is 22.1 Å². The molecule has 1 aromatic rings. The molecule has 1 aromatic carbocycles. The van der Waals surface area contributed by atoms with Crippen molar-refractivity contribution in [3.05, 3.63) is 18.2 Å². The summed E-state index contributed by atoms with van der Waals surface area (Å²) in [6, 6.07) is 4.86. The summed E-state index contributed by atoms with van der Waals surface area (Å²) >= 11 is 1.66. The molecule has 1 amide bonds. The number of hydrogen-bond donors (Lipinski definition) is 1. The molecule has 1 aliphatic rings. The van der Waals surface area contributed by atoms with Crippen LogP contribution in [0.1, 0.15) is 34.1 Å². The number of fused-ring (bicyclic) bond motifs is 1. The Morgan fingerprint density at radius 2 is 2.18 bits per heavy atom. The third kappa shape index (κ3) is 3.64. The van der Waals surface area contributed by atoms with Crippen molar-refractivity contribution < 1.29 is 13.2 Å². The molecule has 22 heavy (non-hydrogen) atoms. The zero-order chi connectivity index (χ0) is 16.5. The summed E-state index contributed by atoms with van der Waals surface area (Å²) in [5, 5.41) is 0.289. The number of rotatable bonds is 4. The minimum atomic E-state index is -3.56. The molecule has 0 bridgehead atoms. The Balaban J connectivity index is 2.42. The van der Waals surface area contributed by atoms with E-state index in [0.717, 1.165) is 11.3 Å². The number of anilines is 1. The third-order valence-electron chi connectivity index (χ3n) is 3.65. The number of thioether (sulfide) groups is 1. The first-order valence-corrected chi connectivity index (χ1v) is 9.72.